The van der Waals surface area contributed by atoms with Crippen LogP contribution in [0.2, 0.25) is 5.28 Å². The van der Waals surface area contributed by atoms with Crippen molar-refractivity contribution in [2.45, 2.75) is 0 Å². The van der Waals surface area contributed by atoms with E-state index in [0.29, 0.717) is 5.82 Å². The Labute approximate surface area is 260 Å². The molecule has 0 aliphatic carbocycles. The molecule has 44 heavy (non-hydrogen) atoms. The molecule has 206 valence electrons. The quantitative estimate of drug-likeness (QED) is 0.149. The highest BCUT2D eigenvalue weighted by Gasteiger charge is 2.17. The summed E-state index contributed by atoms with van der Waals surface area (Å²) >= 11 is 8.14. The van der Waals surface area contributed by atoms with Crippen molar-refractivity contribution in [1.82, 2.24) is 24.9 Å². The van der Waals surface area contributed by atoms with Gasteiger partial charge >= 0.3 is 0 Å². The Hall–Kier alpha value is -5.30. The van der Waals surface area contributed by atoms with Gasteiger partial charge in [0.2, 0.25) is 5.28 Å². The van der Waals surface area contributed by atoms with Crippen LogP contribution in [0.5, 0.6) is 0 Å². The fourth-order valence-corrected chi connectivity index (χ4v) is 7.32. The average Bonchev–Trinajstić information content (AvgIpc) is 3.45. The van der Waals surface area contributed by atoms with Crippen molar-refractivity contribution >= 4 is 75.8 Å². The smallest absolute Gasteiger partial charge is 0.223 e. The Morgan fingerprint density at radius 2 is 1.30 bits per heavy atom. The van der Waals surface area contributed by atoms with E-state index in [1.54, 1.807) is 11.3 Å². The third kappa shape index (κ3) is 4.03. The number of thiophene rings is 1. The lowest BCUT2D eigenvalue weighted by Gasteiger charge is -2.12. The second kappa shape index (κ2) is 9.88. The lowest BCUT2D eigenvalue weighted by Crippen LogP contribution is -1.97. The first-order valence-corrected chi connectivity index (χ1v) is 15.4. The van der Waals surface area contributed by atoms with E-state index in [2.05, 4.69) is 99.9 Å². The first-order chi connectivity index (χ1) is 21.7. The zero-order valence-corrected chi connectivity index (χ0v) is 24.6. The molecule has 4 aromatic heterocycles. The minimum Gasteiger partial charge on any atom is -0.256 e. The van der Waals surface area contributed by atoms with Gasteiger partial charge in [0.05, 0.1) is 32.6 Å². The van der Waals surface area contributed by atoms with Gasteiger partial charge in [-0.2, -0.15) is 0 Å². The highest BCUT2D eigenvalue weighted by atomic mass is 35.5. The fraction of sp³-hybridized carbons (Fsp3) is 0. The summed E-state index contributed by atoms with van der Waals surface area (Å²) in [6.45, 7) is 0. The molecule has 0 aliphatic heterocycles. The molecule has 0 atom stereocenters. The molecule has 5 aromatic carbocycles. The van der Waals surface area contributed by atoms with E-state index in [9.17, 15) is 0 Å². The van der Waals surface area contributed by atoms with Crippen LogP contribution in [0.3, 0.4) is 0 Å². The second-order valence-electron chi connectivity index (χ2n) is 10.7. The molecule has 0 radical (unpaired) electrons. The SMILES string of the molecule is Clc1nc(-c2ccc(-c3nc(-c4cccc5ncccc45)nc4cc5ccccc5cc34)cc2)c2sc3ccccc3c2n1. The van der Waals surface area contributed by atoms with Crippen LogP contribution in [0, 0.1) is 0 Å². The fourth-order valence-electron chi connectivity index (χ4n) is 6.00. The van der Waals surface area contributed by atoms with Crippen LogP contribution < -0.4 is 0 Å². The number of hydrogen-bond acceptors (Lipinski definition) is 6. The van der Waals surface area contributed by atoms with Gasteiger partial charge in [-0.3, -0.25) is 4.98 Å². The lowest BCUT2D eigenvalue weighted by atomic mass is 10.00. The van der Waals surface area contributed by atoms with Crippen LogP contribution in [-0.4, -0.2) is 24.9 Å². The Bertz CT molecular complexity index is 2570. The van der Waals surface area contributed by atoms with Crippen molar-refractivity contribution in [2.24, 2.45) is 0 Å². The summed E-state index contributed by atoms with van der Waals surface area (Å²) in [5.74, 6) is 0.667. The van der Waals surface area contributed by atoms with Crippen molar-refractivity contribution < 1.29 is 0 Å². The third-order valence-corrected chi connectivity index (χ3v) is 9.41. The van der Waals surface area contributed by atoms with E-state index >= 15 is 0 Å². The number of nitrogens with zero attached hydrogens (tertiary/aromatic N) is 5. The maximum Gasteiger partial charge on any atom is 0.223 e. The Balaban J connectivity index is 1.25. The van der Waals surface area contributed by atoms with Gasteiger partial charge in [0, 0.05) is 43.7 Å². The molecule has 4 heterocycles. The number of rotatable bonds is 3. The van der Waals surface area contributed by atoms with E-state index < -0.39 is 0 Å². The highest BCUT2D eigenvalue weighted by molar-refractivity contribution is 7.26. The molecular weight excluding hydrogens is 582 g/mol. The second-order valence-corrected chi connectivity index (χ2v) is 12.1. The molecule has 9 aromatic rings. The van der Waals surface area contributed by atoms with Crippen LogP contribution >= 0.6 is 22.9 Å². The van der Waals surface area contributed by atoms with Crippen molar-refractivity contribution in [1.29, 1.82) is 0 Å². The van der Waals surface area contributed by atoms with Crippen LogP contribution in [-0.2, 0) is 0 Å². The first-order valence-electron chi connectivity index (χ1n) is 14.2. The van der Waals surface area contributed by atoms with E-state index in [-0.39, 0.29) is 5.28 Å². The van der Waals surface area contributed by atoms with E-state index in [1.165, 1.54) is 0 Å². The lowest BCUT2D eigenvalue weighted by molar-refractivity contribution is 1.23. The maximum absolute atomic E-state index is 6.45. The van der Waals surface area contributed by atoms with Crippen molar-refractivity contribution in [2.75, 3.05) is 0 Å². The zero-order chi connectivity index (χ0) is 29.2. The largest absolute Gasteiger partial charge is 0.256 e. The number of aromatic nitrogens is 5. The summed E-state index contributed by atoms with van der Waals surface area (Å²) in [6, 6.07) is 39.5. The minimum atomic E-state index is 0.239. The first kappa shape index (κ1) is 25.2. The molecule has 0 bridgehead atoms. The molecule has 9 rings (SSSR count). The van der Waals surface area contributed by atoms with Gasteiger partial charge in [0.15, 0.2) is 5.82 Å². The highest BCUT2D eigenvalue weighted by Crippen LogP contribution is 2.40. The maximum atomic E-state index is 6.45. The summed E-state index contributed by atoms with van der Waals surface area (Å²) < 4.78 is 2.18. The molecule has 0 unspecified atom stereocenters. The Morgan fingerprint density at radius 1 is 0.545 bits per heavy atom. The van der Waals surface area contributed by atoms with Crippen LogP contribution in [0.15, 0.2) is 121 Å². The van der Waals surface area contributed by atoms with Crippen molar-refractivity contribution in [3.05, 3.63) is 127 Å². The van der Waals surface area contributed by atoms with Gasteiger partial charge in [0.25, 0.3) is 0 Å². The van der Waals surface area contributed by atoms with Gasteiger partial charge in [0.1, 0.15) is 0 Å². The van der Waals surface area contributed by atoms with E-state index in [0.717, 1.165) is 81.0 Å². The van der Waals surface area contributed by atoms with Gasteiger partial charge in [-0.25, -0.2) is 19.9 Å². The minimum absolute atomic E-state index is 0.239. The molecule has 0 spiro atoms. The Morgan fingerprint density at radius 3 is 2.16 bits per heavy atom. The average molecular weight is 602 g/mol. The summed E-state index contributed by atoms with van der Waals surface area (Å²) in [7, 11) is 0. The molecule has 0 aliphatic rings. The van der Waals surface area contributed by atoms with E-state index in [1.807, 2.05) is 36.5 Å². The number of hydrogen-bond donors (Lipinski definition) is 0. The predicted octanol–water partition coefficient (Wildman–Crippen LogP) is 10.1. The molecule has 0 saturated heterocycles. The number of pyridine rings is 1. The van der Waals surface area contributed by atoms with Crippen LogP contribution in [0.1, 0.15) is 0 Å². The van der Waals surface area contributed by atoms with Crippen LogP contribution in [0.4, 0.5) is 0 Å². The molecular formula is C37H20ClN5S. The predicted molar refractivity (Wildman–Crippen MR) is 182 cm³/mol. The van der Waals surface area contributed by atoms with Gasteiger partial charge in [-0.05, 0) is 52.7 Å². The van der Waals surface area contributed by atoms with Gasteiger partial charge < -0.3 is 0 Å². The van der Waals surface area contributed by atoms with Gasteiger partial charge in [-0.1, -0.05) is 84.9 Å². The van der Waals surface area contributed by atoms with Crippen molar-refractivity contribution in [3.63, 3.8) is 0 Å². The van der Waals surface area contributed by atoms with Crippen molar-refractivity contribution in [3.8, 4) is 33.9 Å². The zero-order valence-electron chi connectivity index (χ0n) is 23.1. The molecule has 0 saturated carbocycles. The number of fused-ring (bicyclic) bond motifs is 6. The van der Waals surface area contributed by atoms with Gasteiger partial charge in [-0.15, -0.1) is 11.3 Å². The Kier molecular flexibility index (Phi) is 5.66. The summed E-state index contributed by atoms with van der Waals surface area (Å²) in [6.07, 6.45) is 1.81. The molecule has 7 heteroatoms. The molecule has 0 N–H and O–H groups in total. The standard InChI is InChI=1S/C37H20ClN5S/c38-37-42-33(35-34(43-37)27-9-3-4-13-31(27)44-35)22-16-14-21(15-17-22)32-28-19-23-7-1-2-8-24(23)20-30(28)40-36(41-32)26-10-5-12-29-25(26)11-6-18-39-29/h1-20H. The number of halogens is 1. The third-order valence-electron chi connectivity index (χ3n) is 8.07. The topological polar surface area (TPSA) is 64.5 Å². The monoisotopic (exact) mass is 601 g/mol. The molecule has 0 fully saturated rings. The molecule has 5 nitrogen and oxygen atoms in total. The summed E-state index contributed by atoms with van der Waals surface area (Å²) in [5.41, 5.74) is 7.30. The summed E-state index contributed by atoms with van der Waals surface area (Å²) in [5, 5.41) is 5.62. The van der Waals surface area contributed by atoms with Crippen LogP contribution in [0.25, 0.3) is 86.8 Å². The molecule has 0 amide bonds. The number of benzene rings is 5. The van der Waals surface area contributed by atoms with E-state index in [4.69, 9.17) is 21.6 Å². The normalized spacial score (nSPS) is 11.8. The summed E-state index contributed by atoms with van der Waals surface area (Å²) in [4.78, 5) is 24.1.